The van der Waals surface area contributed by atoms with Crippen molar-refractivity contribution in [3.63, 3.8) is 0 Å². The van der Waals surface area contributed by atoms with Crippen LogP contribution in [0.25, 0.3) is 0 Å². The molecule has 2 aromatic rings. The van der Waals surface area contributed by atoms with Crippen LogP contribution in [0.5, 0.6) is 11.5 Å². The summed E-state index contributed by atoms with van der Waals surface area (Å²) in [5.41, 5.74) is 0.494. The highest BCUT2D eigenvalue weighted by molar-refractivity contribution is 5.95. The van der Waals surface area contributed by atoms with Gasteiger partial charge >= 0.3 is 0 Å². The van der Waals surface area contributed by atoms with Gasteiger partial charge in [-0.1, -0.05) is 0 Å². The van der Waals surface area contributed by atoms with E-state index in [0.29, 0.717) is 42.5 Å². The maximum atomic E-state index is 12.8. The Bertz CT molecular complexity index is 700. The fraction of sp³-hybridized carbons (Fsp3) is 0.389. The minimum absolute atomic E-state index is 0.114. The molecule has 1 amide bonds. The summed E-state index contributed by atoms with van der Waals surface area (Å²) in [5.74, 6) is 1.54. The number of benzene rings is 1. The molecular formula is C18H21NO6. The SMILES string of the molecule is COc1ccc(C(=O)N2CCO[C@H](c3ccco3)C2)cc1OCCO. The van der Waals surface area contributed by atoms with Gasteiger partial charge < -0.3 is 28.6 Å². The number of ether oxygens (including phenoxy) is 3. The van der Waals surface area contributed by atoms with Crippen LogP contribution in [0.1, 0.15) is 22.2 Å². The summed E-state index contributed by atoms with van der Waals surface area (Å²) in [4.78, 5) is 14.6. The number of rotatable bonds is 6. The topological polar surface area (TPSA) is 81.4 Å². The van der Waals surface area contributed by atoms with E-state index in [1.54, 1.807) is 35.4 Å². The molecule has 3 rings (SSSR count). The summed E-state index contributed by atoms with van der Waals surface area (Å²) >= 11 is 0. The van der Waals surface area contributed by atoms with Gasteiger partial charge in [0.1, 0.15) is 18.5 Å². The Morgan fingerprint density at radius 3 is 2.96 bits per heavy atom. The van der Waals surface area contributed by atoms with Crippen LogP contribution in [-0.2, 0) is 4.74 Å². The molecule has 1 N–H and O–H groups in total. The van der Waals surface area contributed by atoms with E-state index in [9.17, 15) is 4.79 Å². The molecule has 7 heteroatoms. The highest BCUT2D eigenvalue weighted by Crippen LogP contribution is 2.29. The minimum Gasteiger partial charge on any atom is -0.493 e. The van der Waals surface area contributed by atoms with Crippen molar-refractivity contribution in [1.29, 1.82) is 0 Å². The van der Waals surface area contributed by atoms with E-state index in [0.717, 1.165) is 0 Å². The lowest BCUT2D eigenvalue weighted by molar-refractivity contribution is -0.0321. The number of hydrogen-bond donors (Lipinski definition) is 1. The van der Waals surface area contributed by atoms with Gasteiger partial charge in [0.15, 0.2) is 11.5 Å². The van der Waals surface area contributed by atoms with Crippen LogP contribution in [0.4, 0.5) is 0 Å². The zero-order valence-corrected chi connectivity index (χ0v) is 14.0. The number of aliphatic hydroxyl groups is 1. The standard InChI is InChI=1S/C18H21NO6/c1-22-14-5-4-13(11-16(14)25-10-7-20)18(21)19-6-9-24-17(12-19)15-3-2-8-23-15/h2-5,8,11,17,20H,6-7,9-10,12H2,1H3/t17-/m0/s1. The highest BCUT2D eigenvalue weighted by Gasteiger charge is 2.28. The smallest absolute Gasteiger partial charge is 0.254 e. The lowest BCUT2D eigenvalue weighted by Gasteiger charge is -2.32. The number of furan rings is 1. The van der Waals surface area contributed by atoms with Crippen molar-refractivity contribution >= 4 is 5.91 Å². The molecule has 0 spiro atoms. The molecule has 0 bridgehead atoms. The van der Waals surface area contributed by atoms with Gasteiger partial charge in [0.05, 0.1) is 33.1 Å². The molecule has 2 heterocycles. The average molecular weight is 347 g/mol. The van der Waals surface area contributed by atoms with Crippen molar-refractivity contribution < 1.29 is 28.5 Å². The Morgan fingerprint density at radius 2 is 2.24 bits per heavy atom. The zero-order chi connectivity index (χ0) is 17.6. The number of nitrogens with zero attached hydrogens (tertiary/aromatic N) is 1. The first-order chi connectivity index (χ1) is 12.2. The highest BCUT2D eigenvalue weighted by atomic mass is 16.5. The summed E-state index contributed by atoms with van der Waals surface area (Å²) in [6.07, 6.45) is 1.32. The molecular weight excluding hydrogens is 326 g/mol. The first-order valence-corrected chi connectivity index (χ1v) is 8.09. The molecule has 7 nitrogen and oxygen atoms in total. The molecule has 134 valence electrons. The average Bonchev–Trinajstić information content (AvgIpc) is 3.20. The Balaban J connectivity index is 1.75. The number of methoxy groups -OCH3 is 1. The van der Waals surface area contributed by atoms with Gasteiger partial charge in [-0.3, -0.25) is 4.79 Å². The number of carbonyl (C=O) groups excluding carboxylic acids is 1. The van der Waals surface area contributed by atoms with Crippen LogP contribution in [0.15, 0.2) is 41.0 Å². The van der Waals surface area contributed by atoms with Gasteiger partial charge in [-0.25, -0.2) is 0 Å². The molecule has 25 heavy (non-hydrogen) atoms. The van der Waals surface area contributed by atoms with Crippen LogP contribution >= 0.6 is 0 Å². The summed E-state index contributed by atoms with van der Waals surface area (Å²) in [5, 5.41) is 8.93. The van der Waals surface area contributed by atoms with Crippen molar-refractivity contribution in [3.05, 3.63) is 47.9 Å². The second kappa shape index (κ2) is 8.04. The molecule has 0 unspecified atom stereocenters. The molecule has 1 fully saturated rings. The van der Waals surface area contributed by atoms with Crippen LogP contribution < -0.4 is 9.47 Å². The van der Waals surface area contributed by atoms with Crippen molar-refractivity contribution in [2.75, 3.05) is 40.0 Å². The van der Waals surface area contributed by atoms with Crippen molar-refractivity contribution in [2.45, 2.75) is 6.10 Å². The Labute approximate surface area is 145 Å². The second-order valence-electron chi connectivity index (χ2n) is 5.56. The number of carbonyl (C=O) groups is 1. The van der Waals surface area contributed by atoms with Crippen LogP contribution in [0.2, 0.25) is 0 Å². The summed E-state index contributed by atoms with van der Waals surface area (Å²) in [6.45, 7) is 1.39. The van der Waals surface area contributed by atoms with E-state index in [1.807, 2.05) is 6.07 Å². The number of aliphatic hydroxyl groups excluding tert-OH is 1. The number of morpholine rings is 1. The van der Waals surface area contributed by atoms with E-state index in [2.05, 4.69) is 0 Å². The van der Waals surface area contributed by atoms with Crippen molar-refractivity contribution in [2.24, 2.45) is 0 Å². The van der Waals surface area contributed by atoms with Gasteiger partial charge in [0.25, 0.3) is 5.91 Å². The maximum absolute atomic E-state index is 12.8. The van der Waals surface area contributed by atoms with Crippen molar-refractivity contribution in [3.8, 4) is 11.5 Å². The fourth-order valence-electron chi connectivity index (χ4n) is 2.74. The number of hydrogen-bond acceptors (Lipinski definition) is 6. The van der Waals surface area contributed by atoms with E-state index in [-0.39, 0.29) is 25.2 Å². The van der Waals surface area contributed by atoms with Crippen molar-refractivity contribution in [1.82, 2.24) is 4.90 Å². The minimum atomic E-state index is -0.268. The molecule has 1 aromatic heterocycles. The van der Waals surface area contributed by atoms with E-state index >= 15 is 0 Å². The zero-order valence-electron chi connectivity index (χ0n) is 14.0. The predicted octanol–water partition coefficient (Wildman–Crippen LogP) is 1.87. The van der Waals surface area contributed by atoms with Gasteiger partial charge in [-0.05, 0) is 30.3 Å². The molecule has 1 aromatic carbocycles. The van der Waals surface area contributed by atoms with E-state index in [1.165, 1.54) is 7.11 Å². The molecule has 1 aliphatic heterocycles. The second-order valence-corrected chi connectivity index (χ2v) is 5.56. The first kappa shape index (κ1) is 17.3. The quantitative estimate of drug-likeness (QED) is 0.859. The molecule has 1 atom stereocenters. The summed E-state index contributed by atoms with van der Waals surface area (Å²) in [6, 6.07) is 8.66. The van der Waals surface area contributed by atoms with Crippen LogP contribution in [0, 0.1) is 0 Å². The van der Waals surface area contributed by atoms with E-state index < -0.39 is 0 Å². The molecule has 0 aliphatic carbocycles. The van der Waals surface area contributed by atoms with Gasteiger partial charge in [-0.2, -0.15) is 0 Å². The van der Waals surface area contributed by atoms with Crippen LogP contribution in [-0.4, -0.2) is 55.9 Å². The largest absolute Gasteiger partial charge is 0.493 e. The Morgan fingerprint density at radius 1 is 1.36 bits per heavy atom. The monoisotopic (exact) mass is 347 g/mol. The number of amides is 1. The van der Waals surface area contributed by atoms with Gasteiger partial charge in [0.2, 0.25) is 0 Å². The van der Waals surface area contributed by atoms with Gasteiger partial charge in [0, 0.05) is 12.1 Å². The molecule has 0 radical (unpaired) electrons. The summed E-state index contributed by atoms with van der Waals surface area (Å²) < 4.78 is 21.7. The fourth-order valence-corrected chi connectivity index (χ4v) is 2.74. The lowest BCUT2D eigenvalue weighted by atomic mass is 10.1. The third kappa shape index (κ3) is 3.94. The van der Waals surface area contributed by atoms with Gasteiger partial charge in [-0.15, -0.1) is 0 Å². The Hall–Kier alpha value is -2.51. The Kier molecular flexibility index (Phi) is 5.57. The molecule has 1 saturated heterocycles. The lowest BCUT2D eigenvalue weighted by Crippen LogP contribution is -2.42. The summed E-state index contributed by atoms with van der Waals surface area (Å²) in [7, 11) is 1.53. The maximum Gasteiger partial charge on any atom is 0.254 e. The molecule has 0 saturated carbocycles. The first-order valence-electron chi connectivity index (χ1n) is 8.09. The third-order valence-electron chi connectivity index (χ3n) is 3.97. The normalized spacial score (nSPS) is 17.4. The molecule has 1 aliphatic rings. The predicted molar refractivity (Wildman–Crippen MR) is 88.9 cm³/mol. The van der Waals surface area contributed by atoms with Crippen LogP contribution in [0.3, 0.4) is 0 Å². The third-order valence-corrected chi connectivity index (χ3v) is 3.97. The van der Waals surface area contributed by atoms with E-state index in [4.69, 9.17) is 23.7 Å².